The first-order chi connectivity index (χ1) is 28.3. The molecule has 0 amide bonds. The second-order valence-corrected chi connectivity index (χ2v) is 14.8. The molecule has 0 spiro atoms. The normalized spacial score (nSPS) is 11.9. The van der Waals surface area contributed by atoms with Crippen LogP contribution in [-0.2, 0) is 0 Å². The van der Waals surface area contributed by atoms with Crippen LogP contribution in [0.15, 0.2) is 206 Å². The molecule has 4 aromatic heterocycles. The maximum atomic E-state index is 5.59. The number of aromatic nitrogens is 4. The van der Waals surface area contributed by atoms with Gasteiger partial charge in [0.1, 0.15) is 11.6 Å². The topological polar surface area (TPSA) is 27.7 Å². The summed E-state index contributed by atoms with van der Waals surface area (Å²) >= 11 is 0. The van der Waals surface area contributed by atoms with E-state index in [1.165, 1.54) is 65.6 Å². The quantitative estimate of drug-likeness (QED) is 0.174. The van der Waals surface area contributed by atoms with E-state index in [1.807, 2.05) is 0 Å². The fourth-order valence-corrected chi connectivity index (χ4v) is 9.15. The Morgan fingerprint density at radius 1 is 0.281 bits per heavy atom. The van der Waals surface area contributed by atoms with Crippen LogP contribution in [-0.4, -0.2) is 18.7 Å². The minimum Gasteiger partial charge on any atom is -0.309 e. The molecule has 0 aliphatic heterocycles. The van der Waals surface area contributed by atoms with Gasteiger partial charge in [-0.2, -0.15) is 0 Å². The summed E-state index contributed by atoms with van der Waals surface area (Å²) in [4.78, 5) is 5.59. The first kappa shape index (κ1) is 31.6. The van der Waals surface area contributed by atoms with E-state index >= 15 is 0 Å². The molecular formula is C53H34N4. The summed E-state index contributed by atoms with van der Waals surface area (Å²) in [5.74, 6) is 1.75. The van der Waals surface area contributed by atoms with Gasteiger partial charge in [0, 0.05) is 38.0 Å². The lowest BCUT2D eigenvalue weighted by Gasteiger charge is -2.13. The van der Waals surface area contributed by atoms with Crippen molar-refractivity contribution in [1.29, 1.82) is 0 Å². The maximum absolute atomic E-state index is 5.59. The van der Waals surface area contributed by atoms with Gasteiger partial charge in [0.05, 0.1) is 33.1 Å². The zero-order valence-electron chi connectivity index (χ0n) is 30.9. The first-order valence-corrected chi connectivity index (χ1v) is 19.5. The molecule has 266 valence electrons. The number of para-hydroxylation sites is 3. The van der Waals surface area contributed by atoms with Gasteiger partial charge in [0.2, 0.25) is 0 Å². The summed E-state index contributed by atoms with van der Waals surface area (Å²) in [5, 5.41) is 7.24. The van der Waals surface area contributed by atoms with Gasteiger partial charge in [-0.25, -0.2) is 4.98 Å². The van der Waals surface area contributed by atoms with E-state index in [4.69, 9.17) is 4.98 Å². The molecule has 0 aliphatic rings. The van der Waals surface area contributed by atoms with Crippen LogP contribution in [0, 0.1) is 0 Å². The number of fused-ring (bicyclic) bond motifs is 10. The molecule has 0 bridgehead atoms. The molecule has 0 aliphatic carbocycles. The Morgan fingerprint density at radius 3 is 1.40 bits per heavy atom. The van der Waals surface area contributed by atoms with Gasteiger partial charge in [-0.1, -0.05) is 140 Å². The van der Waals surface area contributed by atoms with Crippen molar-refractivity contribution in [2.45, 2.75) is 0 Å². The van der Waals surface area contributed by atoms with Crippen molar-refractivity contribution in [1.82, 2.24) is 18.7 Å². The van der Waals surface area contributed by atoms with Gasteiger partial charge in [0.25, 0.3) is 0 Å². The van der Waals surface area contributed by atoms with Crippen molar-refractivity contribution in [3.8, 4) is 39.6 Å². The van der Waals surface area contributed by atoms with Crippen molar-refractivity contribution in [2.24, 2.45) is 0 Å². The molecular weight excluding hydrogens is 693 g/mol. The van der Waals surface area contributed by atoms with Crippen LogP contribution in [0.3, 0.4) is 0 Å². The zero-order valence-corrected chi connectivity index (χ0v) is 30.9. The Hall–Kier alpha value is -7.69. The van der Waals surface area contributed by atoms with Gasteiger partial charge < -0.3 is 4.57 Å². The van der Waals surface area contributed by atoms with Gasteiger partial charge in [-0.05, 0) is 89.0 Å². The fraction of sp³-hybridized carbons (Fsp3) is 0. The van der Waals surface area contributed by atoms with E-state index in [0.29, 0.717) is 0 Å². The van der Waals surface area contributed by atoms with E-state index in [2.05, 4.69) is 220 Å². The van der Waals surface area contributed by atoms with Crippen LogP contribution in [0.2, 0.25) is 0 Å². The van der Waals surface area contributed by atoms with Gasteiger partial charge in [-0.3, -0.25) is 9.13 Å². The summed E-state index contributed by atoms with van der Waals surface area (Å²) in [6, 6.07) is 74.2. The summed E-state index contributed by atoms with van der Waals surface area (Å²) < 4.78 is 7.11. The summed E-state index contributed by atoms with van der Waals surface area (Å²) in [7, 11) is 0. The molecule has 0 N–H and O–H groups in total. The highest BCUT2D eigenvalue weighted by atomic mass is 15.1. The molecule has 0 unspecified atom stereocenters. The molecule has 0 saturated heterocycles. The van der Waals surface area contributed by atoms with Crippen LogP contribution >= 0.6 is 0 Å². The average Bonchev–Trinajstić information content (AvgIpc) is 3.92. The summed E-state index contributed by atoms with van der Waals surface area (Å²) in [6.07, 6.45) is 0. The smallest absolute Gasteiger partial charge is 0.140 e. The lowest BCUT2D eigenvalue weighted by molar-refractivity contribution is 1.02. The largest absolute Gasteiger partial charge is 0.309 e. The predicted octanol–water partition coefficient (Wildman–Crippen LogP) is 13.7. The Balaban J connectivity index is 1.14. The minimum atomic E-state index is 0.872. The fourth-order valence-electron chi connectivity index (χ4n) is 9.15. The van der Waals surface area contributed by atoms with Crippen LogP contribution in [0.4, 0.5) is 0 Å². The minimum absolute atomic E-state index is 0.872. The van der Waals surface area contributed by atoms with E-state index in [9.17, 15) is 0 Å². The monoisotopic (exact) mass is 726 g/mol. The molecule has 0 atom stereocenters. The Labute approximate surface area is 328 Å². The number of rotatable bonds is 5. The van der Waals surface area contributed by atoms with Gasteiger partial charge in [0.15, 0.2) is 0 Å². The Bertz CT molecular complexity index is 3400. The second kappa shape index (κ2) is 12.4. The number of nitrogens with zero attached hydrogens (tertiary/aromatic N) is 4. The van der Waals surface area contributed by atoms with Gasteiger partial charge >= 0.3 is 0 Å². The van der Waals surface area contributed by atoms with E-state index in [-0.39, 0.29) is 0 Å². The van der Waals surface area contributed by atoms with Crippen LogP contribution in [0.25, 0.3) is 105 Å². The lowest BCUT2D eigenvalue weighted by atomic mass is 10.0. The summed E-state index contributed by atoms with van der Waals surface area (Å²) in [5.41, 5.74) is 12.8. The molecule has 4 heterocycles. The molecule has 0 radical (unpaired) electrons. The highest BCUT2D eigenvalue weighted by Crippen LogP contribution is 2.42. The molecule has 0 saturated carbocycles. The molecule has 0 fully saturated rings. The maximum Gasteiger partial charge on any atom is 0.140 e. The van der Waals surface area contributed by atoms with Crippen molar-refractivity contribution in [2.75, 3.05) is 0 Å². The molecule has 57 heavy (non-hydrogen) atoms. The standard InChI is InChI=1S/C53H34N4/c1-4-15-35(16-5-1)37-27-30-47-43(33-37)44-34-38(36-17-6-2-7-18-36)28-31-48(44)56(47)50-25-14-26-51(54-50)57-45-23-12-10-21-40(45)41-29-32-49-52(53(41)57)42-22-11-13-24-46(42)55(49)39-19-8-3-9-20-39/h1-34H. The average molecular weight is 727 g/mol. The Morgan fingerprint density at radius 2 is 0.772 bits per heavy atom. The number of hydrogen-bond acceptors (Lipinski definition) is 1. The zero-order chi connectivity index (χ0) is 37.5. The van der Waals surface area contributed by atoms with Gasteiger partial charge in [-0.15, -0.1) is 0 Å². The van der Waals surface area contributed by atoms with E-state index < -0.39 is 0 Å². The SMILES string of the molecule is c1ccc(-c2ccc3c(c2)c2cc(-c4ccccc4)ccc2n3-c2cccc(-n3c4ccccc4c4ccc5c(c6ccccc6n5-c5ccccc5)c43)n2)cc1. The van der Waals surface area contributed by atoms with Crippen molar-refractivity contribution in [3.05, 3.63) is 206 Å². The van der Waals surface area contributed by atoms with E-state index in [0.717, 1.165) is 39.4 Å². The Kier molecular flexibility index (Phi) is 6.89. The second-order valence-electron chi connectivity index (χ2n) is 14.8. The van der Waals surface area contributed by atoms with Crippen molar-refractivity contribution in [3.63, 3.8) is 0 Å². The van der Waals surface area contributed by atoms with Crippen molar-refractivity contribution >= 4 is 65.4 Å². The molecule has 12 aromatic rings. The van der Waals surface area contributed by atoms with Crippen LogP contribution < -0.4 is 0 Å². The van der Waals surface area contributed by atoms with E-state index in [1.54, 1.807) is 0 Å². The van der Waals surface area contributed by atoms with Crippen molar-refractivity contribution < 1.29 is 0 Å². The third kappa shape index (κ3) is 4.77. The van der Waals surface area contributed by atoms with Crippen LogP contribution in [0.5, 0.6) is 0 Å². The number of pyridine rings is 1. The molecule has 4 nitrogen and oxygen atoms in total. The summed E-state index contributed by atoms with van der Waals surface area (Å²) in [6.45, 7) is 0. The lowest BCUT2D eigenvalue weighted by Crippen LogP contribution is -2.03. The molecule has 12 rings (SSSR count). The molecule has 8 aromatic carbocycles. The third-order valence-electron chi connectivity index (χ3n) is 11.6. The number of hydrogen-bond donors (Lipinski definition) is 0. The third-order valence-corrected chi connectivity index (χ3v) is 11.6. The van der Waals surface area contributed by atoms with Crippen LogP contribution in [0.1, 0.15) is 0 Å². The number of benzene rings is 8. The predicted molar refractivity (Wildman–Crippen MR) is 238 cm³/mol. The first-order valence-electron chi connectivity index (χ1n) is 19.5. The molecule has 4 heteroatoms. The highest BCUT2D eigenvalue weighted by Gasteiger charge is 2.22. The highest BCUT2D eigenvalue weighted by molar-refractivity contribution is 6.26.